The molecule has 0 spiro atoms. The van der Waals surface area contributed by atoms with Crippen LogP contribution in [-0.4, -0.2) is 39.1 Å². The van der Waals surface area contributed by atoms with E-state index in [2.05, 4.69) is 15.6 Å². The lowest BCUT2D eigenvalue weighted by Crippen LogP contribution is -2.04. The molecule has 10 nitrogen and oxygen atoms in total. The lowest BCUT2D eigenvalue weighted by molar-refractivity contribution is -0.385. The minimum Gasteiger partial charge on any atom is -0.496 e. The Labute approximate surface area is 165 Å². The van der Waals surface area contributed by atoms with Crippen LogP contribution in [0.3, 0.4) is 0 Å². The highest BCUT2D eigenvalue weighted by molar-refractivity contribution is 5.94. The molecule has 0 radical (unpaired) electrons. The van der Waals surface area contributed by atoms with Crippen molar-refractivity contribution >= 4 is 23.6 Å². The number of hydrogen-bond donors (Lipinski definition) is 2. The molecule has 0 aliphatic rings. The quantitative estimate of drug-likeness (QED) is 0.340. The number of carbonyl (C=O) groups is 1. The molecule has 1 aromatic heterocycles. The van der Waals surface area contributed by atoms with E-state index in [9.17, 15) is 20.0 Å². The van der Waals surface area contributed by atoms with Gasteiger partial charge in [-0.05, 0) is 35.9 Å². The van der Waals surface area contributed by atoms with Gasteiger partial charge in [0.05, 0.1) is 36.0 Å². The first-order valence-corrected chi connectivity index (χ1v) is 8.43. The maximum atomic E-state index is 11.2. The molecule has 0 saturated carbocycles. The highest BCUT2D eigenvalue weighted by Gasteiger charge is 2.11. The summed E-state index contributed by atoms with van der Waals surface area (Å²) in [4.78, 5) is 21.5. The number of methoxy groups -OCH3 is 1. The lowest BCUT2D eigenvalue weighted by atomic mass is 10.1. The number of para-hydroxylation sites is 1. The van der Waals surface area contributed by atoms with Gasteiger partial charge in [-0.2, -0.15) is 10.2 Å². The number of rotatable bonds is 8. The number of anilines is 1. The van der Waals surface area contributed by atoms with Crippen LogP contribution < -0.4 is 10.2 Å². The molecule has 0 saturated heterocycles. The number of aromatic carboxylic acids is 1. The molecule has 1 heterocycles. The van der Waals surface area contributed by atoms with Crippen LogP contribution in [0.5, 0.6) is 5.75 Å². The molecule has 0 aliphatic heterocycles. The number of nitro groups is 1. The first-order valence-electron chi connectivity index (χ1n) is 8.43. The summed E-state index contributed by atoms with van der Waals surface area (Å²) in [6.45, 7) is 0.272. The van der Waals surface area contributed by atoms with E-state index in [-0.39, 0.29) is 17.8 Å². The highest BCUT2D eigenvalue weighted by Crippen LogP contribution is 2.21. The van der Waals surface area contributed by atoms with Crippen molar-refractivity contribution in [1.29, 1.82) is 0 Å². The van der Waals surface area contributed by atoms with Gasteiger partial charge in [-0.3, -0.25) is 20.2 Å². The minimum atomic E-state index is -1.05. The Bertz CT molecular complexity index is 1080. The molecule has 10 heteroatoms. The predicted molar refractivity (Wildman–Crippen MR) is 106 cm³/mol. The van der Waals surface area contributed by atoms with Crippen molar-refractivity contribution in [3.05, 3.63) is 81.7 Å². The van der Waals surface area contributed by atoms with Crippen molar-refractivity contribution < 1.29 is 19.6 Å². The van der Waals surface area contributed by atoms with E-state index in [0.717, 1.165) is 11.1 Å². The van der Waals surface area contributed by atoms with Gasteiger partial charge in [0.25, 0.3) is 0 Å². The fourth-order valence-corrected chi connectivity index (χ4v) is 2.65. The second-order valence-electron chi connectivity index (χ2n) is 5.95. The molecule has 29 heavy (non-hydrogen) atoms. The Kier molecular flexibility index (Phi) is 5.83. The summed E-state index contributed by atoms with van der Waals surface area (Å²) in [6.07, 6.45) is 4.05. The number of nitrogens with one attached hydrogen (secondary N) is 1. The van der Waals surface area contributed by atoms with E-state index >= 15 is 0 Å². The molecule has 0 bridgehead atoms. The third-order valence-corrected chi connectivity index (χ3v) is 4.02. The van der Waals surface area contributed by atoms with Crippen LogP contribution in [0.1, 0.15) is 21.5 Å². The van der Waals surface area contributed by atoms with Gasteiger partial charge in [0.2, 0.25) is 0 Å². The second kappa shape index (κ2) is 8.65. The minimum absolute atomic E-state index is 0.0945. The molecule has 148 valence electrons. The Morgan fingerprint density at radius 1 is 1.38 bits per heavy atom. The molecule has 0 unspecified atom stereocenters. The van der Waals surface area contributed by atoms with Crippen molar-refractivity contribution in [2.24, 2.45) is 5.10 Å². The van der Waals surface area contributed by atoms with Crippen molar-refractivity contribution in [1.82, 2.24) is 9.78 Å². The van der Waals surface area contributed by atoms with Crippen LogP contribution in [0.2, 0.25) is 0 Å². The van der Waals surface area contributed by atoms with Gasteiger partial charge in [-0.25, -0.2) is 4.79 Å². The van der Waals surface area contributed by atoms with E-state index < -0.39 is 10.9 Å². The van der Waals surface area contributed by atoms with Crippen molar-refractivity contribution in [3.63, 3.8) is 0 Å². The SMILES string of the molecule is COc1ccc(/C=N/Nc2ccccc2C(=O)O)cc1Cn1cc([N+](=O)[O-])cn1. The van der Waals surface area contributed by atoms with Gasteiger partial charge < -0.3 is 9.84 Å². The zero-order chi connectivity index (χ0) is 20.8. The maximum Gasteiger partial charge on any atom is 0.337 e. The highest BCUT2D eigenvalue weighted by atomic mass is 16.6. The summed E-state index contributed by atoms with van der Waals surface area (Å²) in [5, 5.41) is 28.1. The van der Waals surface area contributed by atoms with Crippen LogP contribution >= 0.6 is 0 Å². The number of carboxylic acid groups (broad SMARTS) is 1. The van der Waals surface area contributed by atoms with Crippen molar-refractivity contribution in [3.8, 4) is 5.75 Å². The Morgan fingerprint density at radius 2 is 2.17 bits per heavy atom. The van der Waals surface area contributed by atoms with Gasteiger partial charge in [0.15, 0.2) is 0 Å². The summed E-state index contributed by atoms with van der Waals surface area (Å²) in [7, 11) is 1.53. The number of carboxylic acids is 1. The van der Waals surface area contributed by atoms with Gasteiger partial charge in [-0.1, -0.05) is 12.1 Å². The standard InChI is InChI=1S/C19H17N5O5/c1-29-18-7-6-13(8-14(18)11-23-12-15(10-21-23)24(27)28)9-20-22-17-5-3-2-4-16(17)19(25)26/h2-10,12,22H,11H2,1H3,(H,25,26)/b20-9+. The Hall–Kier alpha value is -4.21. The molecule has 0 atom stereocenters. The number of ether oxygens (including phenoxy) is 1. The summed E-state index contributed by atoms with van der Waals surface area (Å²) < 4.78 is 6.79. The average Bonchev–Trinajstić information content (AvgIpc) is 3.17. The number of benzene rings is 2. The molecule has 0 fully saturated rings. The van der Waals surface area contributed by atoms with E-state index in [4.69, 9.17) is 4.74 Å². The van der Waals surface area contributed by atoms with Gasteiger partial charge in [0.1, 0.15) is 18.1 Å². The fourth-order valence-electron chi connectivity index (χ4n) is 2.65. The Morgan fingerprint density at radius 3 is 2.86 bits per heavy atom. The van der Waals surface area contributed by atoms with Crippen LogP contribution in [0.15, 0.2) is 60.0 Å². The zero-order valence-corrected chi connectivity index (χ0v) is 15.3. The molecular weight excluding hydrogens is 378 g/mol. The Balaban J connectivity index is 1.78. The number of aromatic nitrogens is 2. The average molecular weight is 395 g/mol. The number of nitrogens with zero attached hydrogens (tertiary/aromatic N) is 4. The first kappa shape index (κ1) is 19.5. The fraction of sp³-hybridized carbons (Fsp3) is 0.105. The molecular formula is C19H17N5O5. The van der Waals surface area contributed by atoms with E-state index in [0.29, 0.717) is 11.4 Å². The van der Waals surface area contributed by atoms with E-state index in [1.807, 2.05) is 0 Å². The van der Waals surface area contributed by atoms with Crippen molar-refractivity contribution in [2.45, 2.75) is 6.54 Å². The molecule has 0 amide bonds. The monoisotopic (exact) mass is 395 g/mol. The van der Waals surface area contributed by atoms with E-state index in [1.165, 1.54) is 36.5 Å². The largest absolute Gasteiger partial charge is 0.496 e. The van der Waals surface area contributed by atoms with Crippen LogP contribution in [0.25, 0.3) is 0 Å². The van der Waals surface area contributed by atoms with Gasteiger partial charge >= 0.3 is 11.7 Å². The number of hydrogen-bond acceptors (Lipinski definition) is 7. The maximum absolute atomic E-state index is 11.2. The first-order chi connectivity index (χ1) is 14.0. The topological polar surface area (TPSA) is 132 Å². The number of hydrazone groups is 1. The summed E-state index contributed by atoms with van der Waals surface area (Å²) >= 11 is 0. The lowest BCUT2D eigenvalue weighted by Gasteiger charge is -2.09. The third-order valence-electron chi connectivity index (χ3n) is 4.02. The van der Waals surface area contributed by atoms with Crippen LogP contribution in [0.4, 0.5) is 11.4 Å². The summed E-state index contributed by atoms with van der Waals surface area (Å²) in [6, 6.07) is 11.8. The molecule has 2 N–H and O–H groups in total. The van der Waals surface area contributed by atoms with Gasteiger partial charge in [0, 0.05) is 5.56 Å². The molecule has 2 aromatic carbocycles. The van der Waals surface area contributed by atoms with Crippen molar-refractivity contribution in [2.75, 3.05) is 12.5 Å². The summed E-state index contributed by atoms with van der Waals surface area (Å²) in [5.41, 5.74) is 4.58. The normalized spacial score (nSPS) is 10.8. The molecule has 3 aromatic rings. The van der Waals surface area contributed by atoms with Crippen LogP contribution in [0, 0.1) is 10.1 Å². The second-order valence-corrected chi connectivity index (χ2v) is 5.95. The smallest absolute Gasteiger partial charge is 0.337 e. The van der Waals surface area contributed by atoms with Crippen LogP contribution in [-0.2, 0) is 6.54 Å². The summed E-state index contributed by atoms with van der Waals surface area (Å²) in [5.74, 6) is -0.451. The zero-order valence-electron chi connectivity index (χ0n) is 15.3. The molecule has 0 aliphatic carbocycles. The van der Waals surface area contributed by atoms with E-state index in [1.54, 1.807) is 36.4 Å². The predicted octanol–water partition coefficient (Wildman–Crippen LogP) is 2.99. The molecule has 3 rings (SSSR count). The third kappa shape index (κ3) is 4.75. The van der Waals surface area contributed by atoms with Gasteiger partial charge in [-0.15, -0.1) is 0 Å².